The smallest absolute Gasteiger partial charge is 0.186 e. The maximum atomic E-state index is 12.0. The molecule has 3 rings (SSSR count). The molecule has 121 valence electrons. The van der Waals surface area contributed by atoms with E-state index in [4.69, 9.17) is 9.47 Å². The van der Waals surface area contributed by atoms with E-state index in [0.717, 1.165) is 17.1 Å². The van der Waals surface area contributed by atoms with Gasteiger partial charge >= 0.3 is 0 Å². The van der Waals surface area contributed by atoms with Crippen molar-refractivity contribution in [1.29, 1.82) is 0 Å². The highest BCUT2D eigenvalue weighted by atomic mass is 16.5. The molecule has 0 saturated carbocycles. The molecule has 0 unspecified atom stereocenters. The molecule has 3 heteroatoms. The highest BCUT2D eigenvalue weighted by Gasteiger charge is 2.07. The lowest BCUT2D eigenvalue weighted by atomic mass is 10.0. The van der Waals surface area contributed by atoms with Gasteiger partial charge in [0.05, 0.1) is 6.10 Å². The first kappa shape index (κ1) is 15.9. The Morgan fingerprint density at radius 1 is 0.750 bits per heavy atom. The summed E-state index contributed by atoms with van der Waals surface area (Å²) in [5.41, 5.74) is 1.52. The minimum atomic E-state index is 0.00448. The fourth-order valence-electron chi connectivity index (χ4n) is 2.43. The molecule has 0 atom stereocenters. The molecular formula is C21H19O3. The zero-order valence-electron chi connectivity index (χ0n) is 13.7. The summed E-state index contributed by atoms with van der Waals surface area (Å²) in [7, 11) is 0. The summed E-state index contributed by atoms with van der Waals surface area (Å²) in [5, 5.41) is 12.0. The Kier molecular flexibility index (Phi) is 4.71. The fourth-order valence-corrected chi connectivity index (χ4v) is 2.43. The molecule has 0 fully saturated rings. The van der Waals surface area contributed by atoms with E-state index in [9.17, 15) is 5.11 Å². The average molecular weight is 319 g/mol. The summed E-state index contributed by atoms with van der Waals surface area (Å²) in [4.78, 5) is 0. The molecule has 24 heavy (non-hydrogen) atoms. The van der Waals surface area contributed by atoms with Crippen LogP contribution in [-0.2, 0) is 5.11 Å². The van der Waals surface area contributed by atoms with Crippen molar-refractivity contribution in [3.8, 4) is 34.1 Å². The van der Waals surface area contributed by atoms with Crippen LogP contribution in [0, 0.1) is 0 Å². The predicted octanol–water partition coefficient (Wildman–Crippen LogP) is 6.08. The van der Waals surface area contributed by atoms with Crippen LogP contribution in [0.3, 0.4) is 0 Å². The molecule has 0 aliphatic carbocycles. The number of para-hydroxylation sites is 1. The van der Waals surface area contributed by atoms with Gasteiger partial charge in [-0.25, -0.2) is 0 Å². The van der Waals surface area contributed by atoms with E-state index in [-0.39, 0.29) is 11.9 Å². The second-order valence-electron chi connectivity index (χ2n) is 5.76. The van der Waals surface area contributed by atoms with Gasteiger partial charge in [0.15, 0.2) is 5.75 Å². The molecule has 3 aromatic carbocycles. The molecule has 0 amide bonds. The second kappa shape index (κ2) is 7.09. The number of benzene rings is 3. The molecule has 0 saturated heterocycles. The van der Waals surface area contributed by atoms with E-state index in [1.807, 2.05) is 74.5 Å². The zero-order chi connectivity index (χ0) is 16.9. The van der Waals surface area contributed by atoms with E-state index < -0.39 is 0 Å². The first-order chi connectivity index (χ1) is 11.6. The van der Waals surface area contributed by atoms with Gasteiger partial charge in [-0.2, -0.15) is 0 Å². The van der Waals surface area contributed by atoms with E-state index in [1.165, 1.54) is 0 Å². The fraction of sp³-hybridized carbons (Fsp3) is 0.143. The Morgan fingerprint density at radius 3 is 2.17 bits per heavy atom. The normalized spacial score (nSPS) is 10.6. The van der Waals surface area contributed by atoms with Crippen molar-refractivity contribution < 1.29 is 14.6 Å². The third-order valence-electron chi connectivity index (χ3n) is 3.46. The number of rotatable bonds is 5. The molecule has 3 nitrogen and oxygen atoms in total. The molecule has 0 aromatic heterocycles. The summed E-state index contributed by atoms with van der Waals surface area (Å²) in [6.07, 6.45) is 0.139. The highest BCUT2D eigenvalue weighted by Crippen LogP contribution is 2.32. The van der Waals surface area contributed by atoms with Gasteiger partial charge in [0, 0.05) is 5.56 Å². The van der Waals surface area contributed by atoms with Gasteiger partial charge in [0.2, 0.25) is 0 Å². The first-order valence-electron chi connectivity index (χ1n) is 7.93. The Hall–Kier alpha value is -2.94. The molecule has 0 aliphatic heterocycles. The van der Waals surface area contributed by atoms with Crippen molar-refractivity contribution in [2.24, 2.45) is 0 Å². The standard InChI is InChI=1S/C21H19O3/c1-15(2)23-17-10-12-18(13-11-17)24-19-7-5-6-16(14-19)20-8-3-4-9-21(20)22/h3-15H,1-2H3. The van der Waals surface area contributed by atoms with Gasteiger partial charge in [0.25, 0.3) is 0 Å². The minimum absolute atomic E-state index is 0.00448. The van der Waals surface area contributed by atoms with Gasteiger partial charge in [0.1, 0.15) is 17.2 Å². The zero-order valence-corrected chi connectivity index (χ0v) is 13.7. The summed E-state index contributed by atoms with van der Waals surface area (Å²) in [6.45, 7) is 3.98. The molecule has 0 bridgehead atoms. The first-order valence-corrected chi connectivity index (χ1v) is 7.93. The van der Waals surface area contributed by atoms with Crippen molar-refractivity contribution in [3.63, 3.8) is 0 Å². The van der Waals surface area contributed by atoms with Crippen molar-refractivity contribution in [2.75, 3.05) is 0 Å². The van der Waals surface area contributed by atoms with Gasteiger partial charge in [-0.05, 0) is 61.9 Å². The largest absolute Gasteiger partial charge is 0.491 e. The lowest BCUT2D eigenvalue weighted by molar-refractivity contribution is 0.242. The molecule has 1 radical (unpaired) electrons. The molecule has 0 spiro atoms. The number of ether oxygens (including phenoxy) is 2. The Morgan fingerprint density at radius 2 is 1.46 bits per heavy atom. The van der Waals surface area contributed by atoms with Crippen LogP contribution in [0.5, 0.6) is 23.0 Å². The SMILES string of the molecule is CC(C)Oc1ccc(Oc2cccc(-c3ccccc3[O])c2)cc1. The summed E-state index contributed by atoms with van der Waals surface area (Å²) in [5.74, 6) is 2.23. The van der Waals surface area contributed by atoms with E-state index >= 15 is 0 Å². The van der Waals surface area contributed by atoms with Gasteiger partial charge < -0.3 is 9.47 Å². The van der Waals surface area contributed by atoms with Crippen molar-refractivity contribution in [2.45, 2.75) is 20.0 Å². The maximum Gasteiger partial charge on any atom is 0.186 e. The Bertz CT molecular complexity index is 807. The van der Waals surface area contributed by atoms with Crippen molar-refractivity contribution in [3.05, 3.63) is 72.8 Å². The van der Waals surface area contributed by atoms with E-state index in [1.54, 1.807) is 12.1 Å². The minimum Gasteiger partial charge on any atom is -0.491 e. The highest BCUT2D eigenvalue weighted by molar-refractivity contribution is 5.71. The number of hydrogen-bond acceptors (Lipinski definition) is 2. The van der Waals surface area contributed by atoms with Crippen LogP contribution >= 0.6 is 0 Å². The van der Waals surface area contributed by atoms with E-state index in [2.05, 4.69) is 0 Å². The van der Waals surface area contributed by atoms with Crippen LogP contribution in [0.2, 0.25) is 0 Å². The van der Waals surface area contributed by atoms with Crippen LogP contribution in [0.25, 0.3) is 11.1 Å². The molecule has 0 aliphatic rings. The van der Waals surface area contributed by atoms with Gasteiger partial charge in [-0.15, -0.1) is 0 Å². The van der Waals surface area contributed by atoms with E-state index in [0.29, 0.717) is 11.3 Å². The Balaban J connectivity index is 1.79. The summed E-state index contributed by atoms with van der Waals surface area (Å²) < 4.78 is 11.5. The van der Waals surface area contributed by atoms with Crippen molar-refractivity contribution in [1.82, 2.24) is 0 Å². The monoisotopic (exact) mass is 319 g/mol. The molecule has 3 aromatic rings. The third kappa shape index (κ3) is 3.87. The van der Waals surface area contributed by atoms with Crippen molar-refractivity contribution >= 4 is 0 Å². The molecule has 0 heterocycles. The van der Waals surface area contributed by atoms with Crippen LogP contribution in [-0.4, -0.2) is 6.10 Å². The number of hydrogen-bond donors (Lipinski definition) is 0. The van der Waals surface area contributed by atoms with Gasteiger partial charge in [-0.1, -0.05) is 30.3 Å². The lowest BCUT2D eigenvalue weighted by Gasteiger charge is -2.11. The predicted molar refractivity (Wildman–Crippen MR) is 94.3 cm³/mol. The lowest BCUT2D eigenvalue weighted by Crippen LogP contribution is -2.05. The Labute approximate surface area is 142 Å². The summed E-state index contributed by atoms with van der Waals surface area (Å²) in [6, 6.07) is 22.0. The topological polar surface area (TPSA) is 38.4 Å². The van der Waals surface area contributed by atoms with Crippen LogP contribution < -0.4 is 9.47 Å². The van der Waals surface area contributed by atoms with Crippen LogP contribution in [0.4, 0.5) is 0 Å². The third-order valence-corrected chi connectivity index (χ3v) is 3.46. The summed E-state index contributed by atoms with van der Waals surface area (Å²) >= 11 is 0. The average Bonchev–Trinajstić information content (AvgIpc) is 2.57. The maximum absolute atomic E-state index is 12.0. The molecular weight excluding hydrogens is 300 g/mol. The van der Waals surface area contributed by atoms with Gasteiger partial charge in [-0.3, -0.25) is 5.11 Å². The second-order valence-corrected chi connectivity index (χ2v) is 5.76. The van der Waals surface area contributed by atoms with Crippen LogP contribution in [0.1, 0.15) is 13.8 Å². The van der Waals surface area contributed by atoms with Crippen LogP contribution in [0.15, 0.2) is 72.8 Å². The molecule has 0 N–H and O–H groups in total. The quantitative estimate of drug-likeness (QED) is 0.572.